The van der Waals surface area contributed by atoms with Crippen LogP contribution in [0.4, 0.5) is 4.79 Å². The Morgan fingerprint density at radius 3 is 2.57 bits per heavy atom. The lowest BCUT2D eigenvalue weighted by molar-refractivity contribution is -0.132. The molecule has 2 heterocycles. The first-order valence-corrected chi connectivity index (χ1v) is 7.62. The summed E-state index contributed by atoms with van der Waals surface area (Å²) < 4.78 is 5.31. The standard InChI is InChI=1S/C15H22N2O3S/c1-14(2,3)10(9-21)8-17-12(18)15(4,16-13(17)19)11-6-5-7-20-11/h5-7,10,21H,8-9H2,1-4H3,(H,16,19). The molecule has 0 radical (unpaired) electrons. The van der Waals surface area contributed by atoms with Crippen LogP contribution in [0.25, 0.3) is 0 Å². The molecule has 2 rings (SSSR count). The normalized spacial score (nSPS) is 24.3. The van der Waals surface area contributed by atoms with Crippen molar-refractivity contribution in [2.24, 2.45) is 11.3 Å². The number of furan rings is 1. The fourth-order valence-corrected chi connectivity index (χ4v) is 3.08. The van der Waals surface area contributed by atoms with Crippen LogP contribution in [0.2, 0.25) is 0 Å². The van der Waals surface area contributed by atoms with E-state index in [9.17, 15) is 9.59 Å². The van der Waals surface area contributed by atoms with E-state index >= 15 is 0 Å². The largest absolute Gasteiger partial charge is 0.466 e. The van der Waals surface area contributed by atoms with Gasteiger partial charge in [-0.05, 0) is 36.1 Å². The van der Waals surface area contributed by atoms with Crippen LogP contribution < -0.4 is 5.32 Å². The zero-order valence-corrected chi connectivity index (χ0v) is 13.7. The van der Waals surface area contributed by atoms with Crippen molar-refractivity contribution in [2.75, 3.05) is 12.3 Å². The van der Waals surface area contributed by atoms with Gasteiger partial charge in [0.2, 0.25) is 0 Å². The molecular weight excluding hydrogens is 288 g/mol. The van der Waals surface area contributed by atoms with Gasteiger partial charge in [0.15, 0.2) is 5.54 Å². The van der Waals surface area contributed by atoms with E-state index in [0.29, 0.717) is 18.1 Å². The zero-order chi connectivity index (χ0) is 15.8. The van der Waals surface area contributed by atoms with E-state index in [1.54, 1.807) is 19.1 Å². The molecule has 21 heavy (non-hydrogen) atoms. The van der Waals surface area contributed by atoms with Crippen molar-refractivity contribution >= 4 is 24.6 Å². The Labute approximate surface area is 130 Å². The molecule has 0 aromatic carbocycles. The van der Waals surface area contributed by atoms with Crippen molar-refractivity contribution < 1.29 is 14.0 Å². The van der Waals surface area contributed by atoms with E-state index in [1.807, 2.05) is 0 Å². The first-order valence-electron chi connectivity index (χ1n) is 6.99. The van der Waals surface area contributed by atoms with Gasteiger partial charge in [0.25, 0.3) is 5.91 Å². The molecule has 0 saturated carbocycles. The minimum absolute atomic E-state index is 0.0357. The molecule has 3 amide bonds. The van der Waals surface area contributed by atoms with Crippen LogP contribution in [0.5, 0.6) is 0 Å². The Morgan fingerprint density at radius 2 is 2.10 bits per heavy atom. The number of hydrogen-bond acceptors (Lipinski definition) is 4. The molecule has 1 N–H and O–H groups in total. The van der Waals surface area contributed by atoms with E-state index in [4.69, 9.17) is 4.42 Å². The third-order valence-corrected chi connectivity index (χ3v) is 4.58. The number of nitrogens with zero attached hydrogens (tertiary/aromatic N) is 1. The third kappa shape index (κ3) is 2.81. The summed E-state index contributed by atoms with van der Waals surface area (Å²) in [7, 11) is 0. The van der Waals surface area contributed by atoms with Crippen LogP contribution in [0, 0.1) is 11.3 Å². The van der Waals surface area contributed by atoms with E-state index in [0.717, 1.165) is 0 Å². The molecule has 1 fully saturated rings. The summed E-state index contributed by atoms with van der Waals surface area (Å²) in [4.78, 5) is 26.1. The highest BCUT2D eigenvalue weighted by molar-refractivity contribution is 7.80. The summed E-state index contributed by atoms with van der Waals surface area (Å²) in [6.07, 6.45) is 1.49. The number of carbonyl (C=O) groups excluding carboxylic acids is 2. The summed E-state index contributed by atoms with van der Waals surface area (Å²) in [6.45, 7) is 8.26. The first kappa shape index (κ1) is 15.9. The lowest BCUT2D eigenvalue weighted by atomic mass is 9.81. The van der Waals surface area contributed by atoms with E-state index in [1.165, 1.54) is 11.2 Å². The number of nitrogens with one attached hydrogen (secondary N) is 1. The minimum atomic E-state index is -1.13. The van der Waals surface area contributed by atoms with E-state index in [2.05, 4.69) is 38.7 Å². The van der Waals surface area contributed by atoms with Crippen molar-refractivity contribution in [1.29, 1.82) is 0 Å². The summed E-state index contributed by atoms with van der Waals surface area (Å²) in [5.41, 5.74) is -1.16. The number of hydrogen-bond donors (Lipinski definition) is 2. The molecule has 0 bridgehead atoms. The second-order valence-corrected chi connectivity index (χ2v) is 7.06. The molecule has 1 aromatic rings. The molecule has 5 nitrogen and oxygen atoms in total. The number of carbonyl (C=O) groups is 2. The van der Waals surface area contributed by atoms with Crippen LogP contribution in [0.3, 0.4) is 0 Å². The third-order valence-electron chi connectivity index (χ3n) is 4.14. The maximum Gasteiger partial charge on any atom is 0.325 e. The van der Waals surface area contributed by atoms with Gasteiger partial charge in [-0.25, -0.2) is 4.79 Å². The van der Waals surface area contributed by atoms with Gasteiger partial charge < -0.3 is 9.73 Å². The average Bonchev–Trinajstić information content (AvgIpc) is 2.97. The van der Waals surface area contributed by atoms with Gasteiger partial charge in [-0.3, -0.25) is 9.69 Å². The van der Waals surface area contributed by atoms with Gasteiger partial charge in [-0.2, -0.15) is 12.6 Å². The number of amides is 3. The number of thiol groups is 1. The Balaban J connectivity index is 2.23. The summed E-state index contributed by atoms with van der Waals surface area (Å²) in [6, 6.07) is 3.02. The maximum atomic E-state index is 12.7. The lowest BCUT2D eigenvalue weighted by Gasteiger charge is -2.32. The molecule has 1 aliphatic heterocycles. The number of rotatable bonds is 4. The monoisotopic (exact) mass is 310 g/mol. The maximum absolute atomic E-state index is 12.7. The predicted octanol–water partition coefficient (Wildman–Crippen LogP) is 2.64. The Morgan fingerprint density at radius 1 is 1.43 bits per heavy atom. The lowest BCUT2D eigenvalue weighted by Crippen LogP contribution is -2.42. The average molecular weight is 310 g/mol. The van der Waals surface area contributed by atoms with Crippen molar-refractivity contribution in [3.63, 3.8) is 0 Å². The van der Waals surface area contributed by atoms with Crippen molar-refractivity contribution in [2.45, 2.75) is 33.2 Å². The highest BCUT2D eigenvalue weighted by Gasteiger charge is 2.51. The van der Waals surface area contributed by atoms with Crippen LogP contribution in [0.1, 0.15) is 33.5 Å². The SMILES string of the molecule is CC1(c2ccco2)NC(=O)N(CC(CS)C(C)(C)C)C1=O. The van der Waals surface area contributed by atoms with Crippen LogP contribution in [0.15, 0.2) is 22.8 Å². The van der Waals surface area contributed by atoms with Gasteiger partial charge in [0.1, 0.15) is 5.76 Å². The Bertz CT molecular complexity index is 536. The van der Waals surface area contributed by atoms with E-state index < -0.39 is 5.54 Å². The highest BCUT2D eigenvalue weighted by atomic mass is 32.1. The molecule has 1 saturated heterocycles. The second kappa shape index (κ2) is 5.40. The molecule has 116 valence electrons. The van der Waals surface area contributed by atoms with Gasteiger partial charge in [-0.15, -0.1) is 0 Å². The smallest absolute Gasteiger partial charge is 0.325 e. The van der Waals surface area contributed by atoms with Gasteiger partial charge >= 0.3 is 6.03 Å². The topological polar surface area (TPSA) is 62.6 Å². The van der Waals surface area contributed by atoms with Crippen LogP contribution >= 0.6 is 12.6 Å². The van der Waals surface area contributed by atoms with Crippen molar-refractivity contribution in [1.82, 2.24) is 10.2 Å². The van der Waals surface area contributed by atoms with E-state index in [-0.39, 0.29) is 23.3 Å². The molecule has 0 aliphatic carbocycles. The first-order chi connectivity index (χ1) is 9.70. The zero-order valence-electron chi connectivity index (χ0n) is 12.8. The van der Waals surface area contributed by atoms with Crippen LogP contribution in [-0.2, 0) is 10.3 Å². The predicted molar refractivity (Wildman–Crippen MR) is 83.1 cm³/mol. The summed E-state index contributed by atoms with van der Waals surface area (Å²) in [5, 5.41) is 2.73. The number of urea groups is 1. The Kier molecular flexibility index (Phi) is 4.10. The molecule has 1 aliphatic rings. The fraction of sp³-hybridized carbons (Fsp3) is 0.600. The quantitative estimate of drug-likeness (QED) is 0.664. The second-order valence-electron chi connectivity index (χ2n) is 6.69. The summed E-state index contributed by atoms with van der Waals surface area (Å²) in [5.74, 6) is 0.896. The van der Waals surface area contributed by atoms with Gasteiger partial charge in [-0.1, -0.05) is 20.8 Å². The Hall–Kier alpha value is -1.43. The van der Waals surface area contributed by atoms with Crippen LogP contribution in [-0.4, -0.2) is 29.1 Å². The molecular formula is C15H22N2O3S. The minimum Gasteiger partial charge on any atom is -0.466 e. The highest BCUT2D eigenvalue weighted by Crippen LogP contribution is 2.33. The molecule has 2 unspecified atom stereocenters. The van der Waals surface area contributed by atoms with Crippen molar-refractivity contribution in [3.8, 4) is 0 Å². The molecule has 2 atom stereocenters. The molecule has 6 heteroatoms. The summed E-state index contributed by atoms with van der Waals surface area (Å²) >= 11 is 4.36. The fourth-order valence-electron chi connectivity index (χ4n) is 2.42. The molecule has 1 aromatic heterocycles. The van der Waals surface area contributed by atoms with Crippen molar-refractivity contribution in [3.05, 3.63) is 24.2 Å². The van der Waals surface area contributed by atoms with Gasteiger partial charge in [0.05, 0.1) is 6.26 Å². The van der Waals surface area contributed by atoms with Gasteiger partial charge in [0, 0.05) is 6.54 Å². The molecule has 0 spiro atoms. The number of imide groups is 1.